The molecule has 3 N–H and O–H groups in total. The maximum absolute atomic E-state index is 11.6. The molecule has 0 saturated heterocycles. The standard InChI is InChI=1S/2C12H20N2O5.3C10H16.C7H12O.C6H11NO/c2*1-5-13-11(16)14(6-2)12(17)19-8-7-18-10(15)9(3)4;3*1-2-9-7-4-5-8(6-7)10(9)3-1;1-4-5-7(8)6(2)3;1-4-7-6(8)5(2)3/h2*3,5-8H2,1-2,4H3,(H,13,16);3*7-10H,1-6H2;2,4-5H2,1,3H3;2,4H2,1,3H3,(H,7,8). The highest BCUT2D eigenvalue weighted by Gasteiger charge is 2.51. The number of carbonyl (C=O) groups is 8. The average Bonchev–Trinajstić information content (AvgIpc) is 2.21. The normalized spacial score (nSPS) is 26.5. The number of hydrogen-bond acceptors (Lipinski definition) is 12. The van der Waals surface area contributed by atoms with E-state index in [-0.39, 0.29) is 62.4 Å². The number of nitrogens with one attached hydrogen (secondary N) is 3. The van der Waals surface area contributed by atoms with Gasteiger partial charge in [-0.15, -0.1) is 0 Å². The fourth-order valence-electron chi connectivity index (χ4n) is 14.9. The van der Waals surface area contributed by atoms with Gasteiger partial charge in [-0.25, -0.2) is 38.6 Å². The van der Waals surface area contributed by atoms with Crippen LogP contribution in [0.2, 0.25) is 0 Å². The Labute approximate surface area is 505 Å². The van der Waals surface area contributed by atoms with Crippen LogP contribution in [0.25, 0.3) is 0 Å². The number of esters is 2. The number of Topliss-reactive ketones (excluding diaryl/α,β-unsaturated/α-hetero) is 1. The predicted molar refractivity (Wildman–Crippen MR) is 330 cm³/mol. The van der Waals surface area contributed by atoms with Gasteiger partial charge in [-0.05, 0) is 242 Å². The number of rotatable bonds is 17. The lowest BCUT2D eigenvalue weighted by Crippen LogP contribution is -2.44. The lowest BCUT2D eigenvalue weighted by Gasteiger charge is -2.23. The molecule has 0 radical (unpaired) electrons. The molecule has 84 heavy (non-hydrogen) atoms. The van der Waals surface area contributed by atoms with Crippen molar-refractivity contribution in [3.05, 3.63) is 48.6 Å². The molecule has 17 nitrogen and oxygen atoms in total. The number of ether oxygens (including phenoxy) is 4. The maximum atomic E-state index is 11.6. The van der Waals surface area contributed by atoms with Crippen molar-refractivity contribution >= 4 is 47.9 Å². The summed E-state index contributed by atoms with van der Waals surface area (Å²) in [6.07, 6.45) is 28.6. The van der Waals surface area contributed by atoms with Gasteiger partial charge in [-0.1, -0.05) is 52.5 Å². The molecule has 0 aromatic carbocycles. The average molecular weight is 1180 g/mol. The van der Waals surface area contributed by atoms with Gasteiger partial charge in [-0.3, -0.25) is 9.59 Å². The molecule has 0 heterocycles. The van der Waals surface area contributed by atoms with Gasteiger partial charge in [0, 0.05) is 55.9 Å². The molecule has 0 aromatic heterocycles. The lowest BCUT2D eigenvalue weighted by atomic mass is 9.82. The summed E-state index contributed by atoms with van der Waals surface area (Å²) in [5.74, 6) is 13.4. The van der Waals surface area contributed by atoms with Crippen LogP contribution in [0.5, 0.6) is 0 Å². The van der Waals surface area contributed by atoms with Crippen molar-refractivity contribution in [2.75, 3.05) is 59.2 Å². The van der Waals surface area contributed by atoms with E-state index in [4.69, 9.17) is 18.9 Å². The van der Waals surface area contributed by atoms with Crippen LogP contribution in [0.4, 0.5) is 19.2 Å². The van der Waals surface area contributed by atoms with Gasteiger partial charge in [0.15, 0.2) is 5.78 Å². The fraction of sp³-hybridized carbons (Fsp3) is 0.761. The minimum absolute atomic E-state index is 0.0625. The van der Waals surface area contributed by atoms with Crippen LogP contribution in [-0.2, 0) is 38.1 Å². The van der Waals surface area contributed by atoms with Crippen LogP contribution >= 0.6 is 0 Å². The van der Waals surface area contributed by atoms with Gasteiger partial charge in [0.1, 0.15) is 26.4 Å². The number of imide groups is 2. The Kier molecular flexibility index (Phi) is 33.4. The summed E-state index contributed by atoms with van der Waals surface area (Å²) in [6, 6.07) is -1.04. The Morgan fingerprint density at radius 2 is 0.679 bits per heavy atom. The zero-order valence-corrected chi connectivity index (χ0v) is 53.6. The molecular weight excluding hydrogens is 1070 g/mol. The zero-order chi connectivity index (χ0) is 62.5. The smallest absolute Gasteiger partial charge is 0.418 e. The molecule has 0 aliphatic heterocycles. The van der Waals surface area contributed by atoms with Crippen molar-refractivity contribution in [2.24, 2.45) is 71.0 Å². The lowest BCUT2D eigenvalue weighted by molar-refractivity contribution is -0.140. The van der Waals surface area contributed by atoms with E-state index >= 15 is 0 Å². The highest BCUT2D eigenvalue weighted by molar-refractivity contribution is 5.94. The third kappa shape index (κ3) is 23.1. The van der Waals surface area contributed by atoms with E-state index in [2.05, 4.69) is 42.3 Å². The molecule has 9 aliphatic carbocycles. The number of urea groups is 2. The molecule has 12 atom stereocenters. The van der Waals surface area contributed by atoms with Gasteiger partial charge >= 0.3 is 36.2 Å². The van der Waals surface area contributed by atoms with Crippen LogP contribution in [-0.4, -0.2) is 117 Å². The van der Waals surface area contributed by atoms with Crippen LogP contribution in [0, 0.1) is 71.0 Å². The Bertz CT molecular complexity index is 1970. The number of nitrogens with zero attached hydrogens (tertiary/aromatic N) is 2. The van der Waals surface area contributed by atoms with E-state index in [1.807, 2.05) is 13.8 Å². The number of hydrogen-bond donors (Lipinski definition) is 3. The van der Waals surface area contributed by atoms with Gasteiger partial charge in [0.2, 0.25) is 5.91 Å². The fourth-order valence-corrected chi connectivity index (χ4v) is 14.9. The summed E-state index contributed by atoms with van der Waals surface area (Å²) >= 11 is 0. The predicted octanol–water partition coefficient (Wildman–Crippen LogP) is 13.7. The summed E-state index contributed by atoms with van der Waals surface area (Å²) in [7, 11) is 0. The van der Waals surface area contributed by atoms with Crippen molar-refractivity contribution in [1.82, 2.24) is 25.8 Å². The Morgan fingerprint density at radius 1 is 0.393 bits per heavy atom. The van der Waals surface area contributed by atoms with Crippen molar-refractivity contribution in [3.8, 4) is 0 Å². The minimum atomic E-state index is -0.778. The quantitative estimate of drug-likeness (QED) is 0.0537. The van der Waals surface area contributed by atoms with Crippen LogP contribution in [0.15, 0.2) is 48.6 Å². The number of allylic oxidation sites excluding steroid dienone is 1. The topological polar surface area (TPSA) is 216 Å². The second-order valence-electron chi connectivity index (χ2n) is 24.6. The van der Waals surface area contributed by atoms with E-state index in [9.17, 15) is 38.4 Å². The molecule has 9 aliphatic rings. The Hall–Kier alpha value is -5.48. The van der Waals surface area contributed by atoms with E-state index in [0.717, 1.165) is 16.2 Å². The first-order chi connectivity index (χ1) is 40.1. The molecule has 7 amide bonds. The second-order valence-corrected chi connectivity index (χ2v) is 24.6. The zero-order valence-electron chi connectivity index (χ0n) is 53.6. The second kappa shape index (κ2) is 38.5. The first-order valence-electron chi connectivity index (χ1n) is 32.3. The SMILES string of the molecule is C1CC2C3CCC(C3)C2C1.C1CC2C3CCC(C3)C2C1.C1CC2C3CCC(C3)C2C1.C=C(C)C(=O)CCC.C=C(C)C(=O)NCC.C=C(C)C(=O)OCCOC(=O)N(CC)C(=O)NCC.C=C(C)C(=O)OCCOC(=O)N(CC)C(=O)NCC. The molecule has 12 unspecified atom stereocenters. The summed E-state index contributed by atoms with van der Waals surface area (Å²) in [5.41, 5.74) is 1.77. The largest absolute Gasteiger partial charge is 0.459 e. The molecule has 476 valence electrons. The number of fused-ring (bicyclic) bond motifs is 15. The summed E-state index contributed by atoms with van der Waals surface area (Å²) in [4.78, 5) is 91.1. The molecule has 0 aromatic rings. The molecule has 0 spiro atoms. The van der Waals surface area contributed by atoms with E-state index in [1.54, 1.807) is 157 Å². The van der Waals surface area contributed by atoms with E-state index < -0.39 is 36.2 Å². The Morgan fingerprint density at radius 3 is 0.881 bits per heavy atom. The Balaban J connectivity index is 0.000000263. The van der Waals surface area contributed by atoms with Gasteiger partial charge < -0.3 is 34.9 Å². The van der Waals surface area contributed by atoms with Crippen LogP contribution < -0.4 is 16.0 Å². The summed E-state index contributed by atoms with van der Waals surface area (Å²) in [5, 5.41) is 7.59. The van der Waals surface area contributed by atoms with E-state index in [1.165, 1.54) is 84.9 Å². The first-order valence-corrected chi connectivity index (χ1v) is 32.3. The third-order valence-electron chi connectivity index (χ3n) is 18.7. The highest BCUT2D eigenvalue weighted by atomic mass is 16.6. The molecular formula is C67H111N5O12. The maximum Gasteiger partial charge on any atom is 0.418 e. The minimum Gasteiger partial charge on any atom is -0.459 e. The number of amides is 7. The molecule has 17 heteroatoms. The molecule has 9 rings (SSSR count). The monoisotopic (exact) mass is 1180 g/mol. The molecule has 6 bridgehead atoms. The van der Waals surface area contributed by atoms with E-state index in [0.29, 0.717) is 37.2 Å². The third-order valence-corrected chi connectivity index (χ3v) is 18.7. The summed E-state index contributed by atoms with van der Waals surface area (Å²) in [6.45, 7) is 32.4. The van der Waals surface area contributed by atoms with Gasteiger partial charge in [0.05, 0.1) is 0 Å². The van der Waals surface area contributed by atoms with Crippen molar-refractivity contribution in [2.45, 2.75) is 198 Å². The van der Waals surface area contributed by atoms with Crippen molar-refractivity contribution < 1.29 is 57.3 Å². The molecule has 9 fully saturated rings. The highest BCUT2D eigenvalue weighted by Crippen LogP contribution is 2.60. The van der Waals surface area contributed by atoms with Gasteiger partial charge in [-0.2, -0.15) is 0 Å². The number of ketones is 1. The first kappa shape index (κ1) is 72.8. The van der Waals surface area contributed by atoms with Crippen molar-refractivity contribution in [1.29, 1.82) is 0 Å². The van der Waals surface area contributed by atoms with Gasteiger partial charge in [0.25, 0.3) is 0 Å². The van der Waals surface area contributed by atoms with Crippen LogP contribution in [0.1, 0.15) is 198 Å². The molecule has 9 saturated carbocycles. The van der Waals surface area contributed by atoms with Crippen molar-refractivity contribution in [3.63, 3.8) is 0 Å². The number of carbonyl (C=O) groups excluding carboxylic acids is 8. The number of likely N-dealkylation sites (N-methyl/N-ethyl adjacent to an activating group) is 1. The summed E-state index contributed by atoms with van der Waals surface area (Å²) < 4.78 is 19.1. The van der Waals surface area contributed by atoms with Crippen LogP contribution in [0.3, 0.4) is 0 Å².